The zero-order chi connectivity index (χ0) is 30.9. The van der Waals surface area contributed by atoms with Crippen LogP contribution in [0.3, 0.4) is 0 Å². The lowest BCUT2D eigenvalue weighted by Crippen LogP contribution is -2.65. The van der Waals surface area contributed by atoms with Gasteiger partial charge in [-0.15, -0.1) is 11.8 Å². The first-order chi connectivity index (χ1) is 19.7. The minimum Gasteiger partial charge on any atom is -0.444 e. The third kappa shape index (κ3) is 7.82. The van der Waals surface area contributed by atoms with Gasteiger partial charge < -0.3 is 34.8 Å². The normalized spacial score (nSPS) is 41.9. The molecule has 0 aromatic rings. The molecule has 0 aromatic carbocycles. The number of thioether (sulfide) groups is 1. The molecule has 42 heavy (non-hydrogen) atoms. The summed E-state index contributed by atoms with van der Waals surface area (Å²) in [6, 6.07) is -1.66. The molecule has 10 nitrogen and oxygen atoms in total. The Kier molecular flexibility index (Phi) is 11.0. The van der Waals surface area contributed by atoms with Crippen molar-refractivity contribution >= 4 is 23.8 Å². The summed E-state index contributed by atoms with van der Waals surface area (Å²) in [5.41, 5.74) is -1.50. The van der Waals surface area contributed by atoms with Crippen molar-refractivity contribution in [3.05, 3.63) is 12.2 Å². The van der Waals surface area contributed by atoms with Crippen molar-refractivity contribution in [2.45, 2.75) is 133 Å². The van der Waals surface area contributed by atoms with E-state index in [1.807, 2.05) is 26.0 Å². The number of hydrogen-bond acceptors (Lipinski definition) is 9. The molecule has 4 N–H and O–H groups in total. The maximum atomic E-state index is 14.3. The fraction of sp³-hybridized carbons (Fsp3) is 0.871. The highest BCUT2D eigenvalue weighted by Crippen LogP contribution is 2.39. The van der Waals surface area contributed by atoms with Gasteiger partial charge in [0.05, 0.1) is 12.1 Å². The highest BCUT2D eigenvalue weighted by Gasteiger charge is 2.53. The molecule has 12 atom stereocenters. The molecule has 0 aliphatic carbocycles. The van der Waals surface area contributed by atoms with Crippen molar-refractivity contribution in [3.8, 4) is 0 Å². The fourth-order valence-electron chi connectivity index (χ4n) is 6.87. The number of amides is 2. The first kappa shape index (κ1) is 33.5. The Morgan fingerprint density at radius 1 is 1.12 bits per heavy atom. The van der Waals surface area contributed by atoms with Gasteiger partial charge in [0.15, 0.2) is 0 Å². The monoisotopic (exact) mass is 612 g/mol. The summed E-state index contributed by atoms with van der Waals surface area (Å²) in [7, 11) is 0. The molecule has 3 saturated heterocycles. The number of nitrogens with one attached hydrogen (secondary N) is 1. The summed E-state index contributed by atoms with van der Waals surface area (Å²) in [5, 5.41) is 35.6. The van der Waals surface area contributed by atoms with Gasteiger partial charge in [-0.1, -0.05) is 39.8 Å². The quantitative estimate of drug-likeness (QED) is 0.353. The maximum Gasteiger partial charge on any atom is 0.411 e. The van der Waals surface area contributed by atoms with E-state index in [1.165, 1.54) is 16.7 Å². The number of carbonyl (C=O) groups excluding carboxylic acids is 2. The number of aliphatic hydroxyl groups is 3. The number of allylic oxidation sites excluding steroid dienone is 1. The molecule has 4 heterocycles. The number of hydrogen-bond donors (Lipinski definition) is 4. The van der Waals surface area contributed by atoms with Crippen LogP contribution in [0.15, 0.2) is 12.2 Å². The first-order valence-electron chi connectivity index (χ1n) is 15.6. The third-order valence-corrected chi connectivity index (χ3v) is 10.1. The van der Waals surface area contributed by atoms with Crippen LogP contribution in [-0.4, -0.2) is 104 Å². The smallest absolute Gasteiger partial charge is 0.411 e. The van der Waals surface area contributed by atoms with Crippen molar-refractivity contribution < 1.29 is 39.1 Å². The molecule has 240 valence electrons. The molecule has 3 fully saturated rings. The summed E-state index contributed by atoms with van der Waals surface area (Å²) >= 11 is 1.39. The minimum atomic E-state index is -1.43. The van der Waals surface area contributed by atoms with E-state index in [9.17, 15) is 24.9 Å². The summed E-state index contributed by atoms with van der Waals surface area (Å²) in [6.45, 7) is 14.6. The minimum absolute atomic E-state index is 0.0170. The van der Waals surface area contributed by atoms with Crippen molar-refractivity contribution in [3.63, 3.8) is 0 Å². The number of aliphatic hydroxyl groups excluding tert-OH is 3. The van der Waals surface area contributed by atoms with Gasteiger partial charge in [0.1, 0.15) is 41.5 Å². The Morgan fingerprint density at radius 2 is 1.83 bits per heavy atom. The van der Waals surface area contributed by atoms with Gasteiger partial charge in [-0.3, -0.25) is 9.69 Å². The Balaban J connectivity index is 1.63. The Bertz CT molecular complexity index is 973. The van der Waals surface area contributed by atoms with E-state index < -0.39 is 65.6 Å². The molecule has 0 spiro atoms. The summed E-state index contributed by atoms with van der Waals surface area (Å²) in [6.07, 6.45) is 1.43. The van der Waals surface area contributed by atoms with E-state index in [4.69, 9.17) is 14.2 Å². The van der Waals surface area contributed by atoms with Gasteiger partial charge in [0, 0.05) is 24.3 Å². The van der Waals surface area contributed by atoms with Gasteiger partial charge >= 0.3 is 6.09 Å². The summed E-state index contributed by atoms with van der Waals surface area (Å²) in [5.74, 6) is 0.284. The number of fused-ring (bicyclic) bond motifs is 3. The van der Waals surface area contributed by atoms with Crippen LogP contribution in [0.25, 0.3) is 0 Å². The second kappa shape index (κ2) is 13.7. The molecule has 2 bridgehead atoms. The summed E-state index contributed by atoms with van der Waals surface area (Å²) in [4.78, 5) is 29.2. The molecule has 0 saturated carbocycles. The predicted molar refractivity (Wildman–Crippen MR) is 161 cm³/mol. The molecule has 0 aromatic heterocycles. The Morgan fingerprint density at radius 3 is 2.50 bits per heavy atom. The van der Waals surface area contributed by atoms with Crippen LogP contribution in [0.5, 0.6) is 0 Å². The number of ether oxygens (including phenoxy) is 3. The van der Waals surface area contributed by atoms with Crippen LogP contribution in [0, 0.1) is 23.7 Å². The van der Waals surface area contributed by atoms with E-state index in [-0.39, 0.29) is 17.1 Å². The molecular formula is C31H52N2O8S. The van der Waals surface area contributed by atoms with E-state index in [1.54, 1.807) is 20.8 Å². The highest BCUT2D eigenvalue weighted by atomic mass is 32.2. The van der Waals surface area contributed by atoms with Crippen LogP contribution >= 0.6 is 11.8 Å². The molecule has 2 unspecified atom stereocenters. The zero-order valence-corrected chi connectivity index (χ0v) is 27.0. The highest BCUT2D eigenvalue weighted by molar-refractivity contribution is 8.00. The lowest BCUT2D eigenvalue weighted by Gasteiger charge is -2.45. The lowest BCUT2D eigenvalue weighted by molar-refractivity contribution is -0.207. The predicted octanol–water partition coefficient (Wildman–Crippen LogP) is 3.07. The third-order valence-electron chi connectivity index (χ3n) is 8.83. The van der Waals surface area contributed by atoms with Crippen LogP contribution in [0.1, 0.15) is 74.1 Å². The van der Waals surface area contributed by atoms with Crippen LogP contribution in [0.2, 0.25) is 0 Å². The maximum absolute atomic E-state index is 14.3. The molecule has 2 amide bonds. The van der Waals surface area contributed by atoms with Crippen LogP contribution < -0.4 is 5.32 Å². The van der Waals surface area contributed by atoms with E-state index in [0.717, 1.165) is 25.7 Å². The standard InChI is InChI=1S/C31H52N2O8S/c1-16(2)13-19-11-12-39-26-20(14-19)15-33(30(38)41-31(5,6)7)22(26)28(37)32-21-17(3)9-8-10-18(4)42-29-25(36)23(34)24(35)27(21)40-29/h8-9,16-27,29,34-36H,10-15H2,1-7H3,(H,32,37)/b9-8-/t17-,18-,19+,20+,21-,22+,23?,24+,25-,26-,27-,29?/m1/s1. The molecule has 11 heteroatoms. The number of nitrogens with zero attached hydrogens (tertiary/aromatic N) is 1. The van der Waals surface area contributed by atoms with Crippen LogP contribution in [0.4, 0.5) is 4.79 Å². The van der Waals surface area contributed by atoms with Gasteiger partial charge in [0.25, 0.3) is 0 Å². The SMILES string of the molecule is CC(C)C[C@@H]1CCO[C@@H]2[C@@H](C1)CN(C(=O)OC(C)(C)C)[C@@H]2C(=O)N[C@H]1[C@H]2OC(S[C@H](C)C/C=C\[C@H]1C)[C@H](O)C(O)[C@@H]2O. The first-order valence-corrected chi connectivity index (χ1v) is 16.5. The van der Waals surface area contributed by atoms with Gasteiger partial charge in [0.2, 0.25) is 5.91 Å². The Hall–Kier alpha value is -1.37. The van der Waals surface area contributed by atoms with Gasteiger partial charge in [-0.05, 0) is 64.2 Å². The fourth-order valence-corrected chi connectivity index (χ4v) is 8.07. The average molecular weight is 613 g/mol. The van der Waals surface area contributed by atoms with Crippen molar-refractivity contribution in [2.75, 3.05) is 13.2 Å². The van der Waals surface area contributed by atoms with Crippen molar-refractivity contribution in [2.24, 2.45) is 23.7 Å². The average Bonchev–Trinajstić information content (AvgIpc) is 3.13. The molecule has 0 radical (unpaired) electrons. The summed E-state index contributed by atoms with van der Waals surface area (Å²) < 4.78 is 18.3. The number of rotatable bonds is 4. The van der Waals surface area contributed by atoms with Gasteiger partial charge in [-0.25, -0.2) is 4.79 Å². The topological polar surface area (TPSA) is 138 Å². The molecule has 4 aliphatic heterocycles. The van der Waals surface area contributed by atoms with Crippen molar-refractivity contribution in [1.82, 2.24) is 10.2 Å². The van der Waals surface area contributed by atoms with Crippen molar-refractivity contribution in [1.29, 1.82) is 0 Å². The zero-order valence-electron chi connectivity index (χ0n) is 26.1. The second-order valence-corrected chi connectivity index (χ2v) is 15.7. The van der Waals surface area contributed by atoms with E-state index >= 15 is 0 Å². The van der Waals surface area contributed by atoms with E-state index in [2.05, 4.69) is 19.2 Å². The second-order valence-electron chi connectivity index (χ2n) is 14.1. The molecule has 4 rings (SSSR count). The van der Waals surface area contributed by atoms with E-state index in [0.29, 0.717) is 25.0 Å². The van der Waals surface area contributed by atoms with Crippen LogP contribution in [-0.2, 0) is 19.0 Å². The largest absolute Gasteiger partial charge is 0.444 e. The number of likely N-dealkylation sites (tertiary alicyclic amines) is 1. The van der Waals surface area contributed by atoms with Gasteiger partial charge in [-0.2, -0.15) is 0 Å². The molecular weight excluding hydrogens is 560 g/mol. The molecule has 4 aliphatic rings. The Labute approximate surface area is 254 Å². The lowest BCUT2D eigenvalue weighted by atomic mass is 9.85. The number of carbonyl (C=O) groups is 2.